The number of nitrogens with zero attached hydrogens (tertiary/aromatic N) is 2. The first-order chi connectivity index (χ1) is 11.4. The standard InChI is InChI=1S/C18H21ClN2O3/c1-12-15(10-16(22)21-7-8-23-11-18(21,2)3)20-17(24-12)13-5-4-6-14(19)9-13/h4-6,9H,7-8,10-11H2,1-3H3. The predicted molar refractivity (Wildman–Crippen MR) is 92.0 cm³/mol. The fourth-order valence-electron chi connectivity index (χ4n) is 2.90. The summed E-state index contributed by atoms with van der Waals surface area (Å²) in [4.78, 5) is 19.1. The number of hydrogen-bond acceptors (Lipinski definition) is 4. The number of carbonyl (C=O) groups excluding carboxylic acids is 1. The van der Waals surface area contributed by atoms with E-state index in [1.165, 1.54) is 0 Å². The number of benzene rings is 1. The molecule has 1 saturated heterocycles. The van der Waals surface area contributed by atoms with Crippen LogP contribution in [0.2, 0.25) is 5.02 Å². The van der Waals surface area contributed by atoms with Gasteiger partial charge in [-0.05, 0) is 39.0 Å². The van der Waals surface area contributed by atoms with Gasteiger partial charge in [-0.3, -0.25) is 4.79 Å². The number of amides is 1. The average Bonchev–Trinajstić information content (AvgIpc) is 2.88. The van der Waals surface area contributed by atoms with Crippen LogP contribution >= 0.6 is 11.6 Å². The summed E-state index contributed by atoms with van der Waals surface area (Å²) in [5.74, 6) is 1.18. The zero-order valence-corrected chi connectivity index (χ0v) is 14.9. The van der Waals surface area contributed by atoms with Crippen molar-refractivity contribution in [1.29, 1.82) is 0 Å². The van der Waals surface area contributed by atoms with Crippen molar-refractivity contribution in [2.45, 2.75) is 32.7 Å². The Balaban J connectivity index is 1.79. The highest BCUT2D eigenvalue weighted by atomic mass is 35.5. The molecule has 2 heterocycles. The number of carbonyl (C=O) groups is 1. The van der Waals surface area contributed by atoms with E-state index in [-0.39, 0.29) is 17.9 Å². The second-order valence-electron chi connectivity index (χ2n) is 6.62. The molecule has 0 radical (unpaired) electrons. The zero-order chi connectivity index (χ0) is 17.3. The Bertz CT molecular complexity index is 754. The van der Waals surface area contributed by atoms with E-state index in [1.54, 1.807) is 12.1 Å². The van der Waals surface area contributed by atoms with Crippen LogP contribution in [0.3, 0.4) is 0 Å². The molecule has 2 aromatic rings. The first-order valence-electron chi connectivity index (χ1n) is 7.97. The lowest BCUT2D eigenvalue weighted by Gasteiger charge is -2.42. The van der Waals surface area contributed by atoms with Crippen molar-refractivity contribution in [3.63, 3.8) is 0 Å². The first kappa shape index (κ1) is 17.0. The molecule has 0 aliphatic carbocycles. The van der Waals surface area contributed by atoms with Crippen LogP contribution in [0.25, 0.3) is 11.5 Å². The quantitative estimate of drug-likeness (QED) is 0.852. The van der Waals surface area contributed by atoms with Gasteiger partial charge < -0.3 is 14.1 Å². The summed E-state index contributed by atoms with van der Waals surface area (Å²) in [6.07, 6.45) is 0.222. The third kappa shape index (κ3) is 3.47. The highest BCUT2D eigenvalue weighted by Crippen LogP contribution is 2.26. The number of ether oxygens (including phenoxy) is 1. The van der Waals surface area contributed by atoms with Gasteiger partial charge in [0.15, 0.2) is 0 Å². The molecule has 6 heteroatoms. The van der Waals surface area contributed by atoms with E-state index in [0.717, 1.165) is 5.56 Å². The van der Waals surface area contributed by atoms with Gasteiger partial charge in [0.05, 0.1) is 30.9 Å². The number of morpholine rings is 1. The summed E-state index contributed by atoms with van der Waals surface area (Å²) in [5, 5.41) is 0.621. The minimum absolute atomic E-state index is 0.0392. The van der Waals surface area contributed by atoms with Crippen molar-refractivity contribution in [2.24, 2.45) is 0 Å². The lowest BCUT2D eigenvalue weighted by molar-refractivity contribution is -0.145. The number of aromatic nitrogens is 1. The molecule has 1 aliphatic heterocycles. The fourth-order valence-corrected chi connectivity index (χ4v) is 3.09. The lowest BCUT2D eigenvalue weighted by atomic mass is 10.0. The van der Waals surface area contributed by atoms with Gasteiger partial charge in [0.25, 0.3) is 0 Å². The summed E-state index contributed by atoms with van der Waals surface area (Å²) in [5.41, 5.74) is 1.16. The maximum absolute atomic E-state index is 12.7. The van der Waals surface area contributed by atoms with Gasteiger partial charge in [0.1, 0.15) is 5.76 Å². The molecule has 128 valence electrons. The predicted octanol–water partition coefficient (Wildman–Crippen LogP) is 3.48. The van der Waals surface area contributed by atoms with Crippen molar-refractivity contribution in [1.82, 2.24) is 9.88 Å². The molecule has 3 rings (SSSR count). The van der Waals surface area contributed by atoms with Gasteiger partial charge in [0, 0.05) is 17.1 Å². The molecule has 1 amide bonds. The molecule has 0 atom stereocenters. The van der Waals surface area contributed by atoms with Crippen LogP contribution in [0.1, 0.15) is 25.3 Å². The molecular weight excluding hydrogens is 328 g/mol. The summed E-state index contributed by atoms with van der Waals surface area (Å²) in [6, 6.07) is 7.32. The molecule has 0 N–H and O–H groups in total. The Labute approximate surface area is 146 Å². The Morgan fingerprint density at radius 2 is 2.21 bits per heavy atom. The van der Waals surface area contributed by atoms with Gasteiger partial charge >= 0.3 is 0 Å². The fraction of sp³-hybridized carbons (Fsp3) is 0.444. The SMILES string of the molecule is Cc1oc(-c2cccc(Cl)c2)nc1CC(=O)N1CCOCC1(C)C. The minimum atomic E-state index is -0.303. The van der Waals surface area contributed by atoms with E-state index < -0.39 is 0 Å². The molecular formula is C18H21ClN2O3. The molecule has 1 aromatic heterocycles. The molecule has 0 unspecified atom stereocenters. The summed E-state index contributed by atoms with van der Waals surface area (Å²) < 4.78 is 11.2. The van der Waals surface area contributed by atoms with Crippen LogP contribution < -0.4 is 0 Å². The van der Waals surface area contributed by atoms with Crippen LogP contribution in [-0.4, -0.2) is 41.1 Å². The molecule has 24 heavy (non-hydrogen) atoms. The molecule has 1 fully saturated rings. The molecule has 5 nitrogen and oxygen atoms in total. The maximum atomic E-state index is 12.7. The van der Waals surface area contributed by atoms with Crippen molar-refractivity contribution < 1.29 is 13.9 Å². The minimum Gasteiger partial charge on any atom is -0.441 e. The number of hydrogen-bond donors (Lipinski definition) is 0. The van der Waals surface area contributed by atoms with Crippen LogP contribution in [-0.2, 0) is 16.0 Å². The number of oxazole rings is 1. The smallest absolute Gasteiger partial charge is 0.229 e. The molecule has 0 bridgehead atoms. The summed E-state index contributed by atoms with van der Waals surface area (Å²) in [7, 11) is 0. The largest absolute Gasteiger partial charge is 0.441 e. The maximum Gasteiger partial charge on any atom is 0.229 e. The second kappa shape index (κ2) is 6.57. The van der Waals surface area contributed by atoms with Crippen molar-refractivity contribution >= 4 is 17.5 Å². The van der Waals surface area contributed by atoms with Crippen LogP contribution in [0.5, 0.6) is 0 Å². The zero-order valence-electron chi connectivity index (χ0n) is 14.1. The first-order valence-corrected chi connectivity index (χ1v) is 8.35. The van der Waals surface area contributed by atoms with E-state index in [9.17, 15) is 4.79 Å². The normalized spacial score (nSPS) is 17.1. The van der Waals surface area contributed by atoms with Crippen molar-refractivity contribution in [3.05, 3.63) is 40.7 Å². The monoisotopic (exact) mass is 348 g/mol. The summed E-state index contributed by atoms with van der Waals surface area (Å²) in [6.45, 7) is 7.57. The summed E-state index contributed by atoms with van der Waals surface area (Å²) >= 11 is 6.02. The average molecular weight is 349 g/mol. The van der Waals surface area contributed by atoms with E-state index in [4.69, 9.17) is 20.8 Å². The highest BCUT2D eigenvalue weighted by Gasteiger charge is 2.34. The van der Waals surface area contributed by atoms with E-state index in [0.29, 0.717) is 42.1 Å². The molecule has 1 aliphatic rings. The number of aryl methyl sites for hydroxylation is 1. The highest BCUT2D eigenvalue weighted by molar-refractivity contribution is 6.30. The van der Waals surface area contributed by atoms with E-state index >= 15 is 0 Å². The van der Waals surface area contributed by atoms with Crippen molar-refractivity contribution in [2.75, 3.05) is 19.8 Å². The molecule has 1 aromatic carbocycles. The molecule has 0 saturated carbocycles. The Hall–Kier alpha value is -1.85. The Kier molecular flexibility index (Phi) is 4.65. The molecule has 0 spiro atoms. The van der Waals surface area contributed by atoms with E-state index in [2.05, 4.69) is 4.98 Å². The van der Waals surface area contributed by atoms with Gasteiger partial charge in [-0.1, -0.05) is 17.7 Å². The van der Waals surface area contributed by atoms with Gasteiger partial charge in [-0.2, -0.15) is 0 Å². The third-order valence-electron chi connectivity index (χ3n) is 4.23. The lowest BCUT2D eigenvalue weighted by Crippen LogP contribution is -2.56. The topological polar surface area (TPSA) is 55.6 Å². The van der Waals surface area contributed by atoms with Crippen LogP contribution in [0.15, 0.2) is 28.7 Å². The van der Waals surface area contributed by atoms with Gasteiger partial charge in [0.2, 0.25) is 11.8 Å². The van der Waals surface area contributed by atoms with Crippen molar-refractivity contribution in [3.8, 4) is 11.5 Å². The van der Waals surface area contributed by atoms with Crippen LogP contribution in [0.4, 0.5) is 0 Å². The second-order valence-corrected chi connectivity index (χ2v) is 7.06. The number of rotatable bonds is 3. The third-order valence-corrected chi connectivity index (χ3v) is 4.46. The Morgan fingerprint density at radius 3 is 2.92 bits per heavy atom. The van der Waals surface area contributed by atoms with E-state index in [1.807, 2.05) is 37.8 Å². The Morgan fingerprint density at radius 1 is 1.42 bits per heavy atom. The van der Waals surface area contributed by atoms with Gasteiger partial charge in [-0.25, -0.2) is 4.98 Å². The van der Waals surface area contributed by atoms with Crippen LogP contribution in [0, 0.1) is 6.92 Å². The number of halogens is 1. The van der Waals surface area contributed by atoms with Gasteiger partial charge in [-0.15, -0.1) is 0 Å².